The van der Waals surface area contributed by atoms with Gasteiger partial charge in [0, 0.05) is 11.8 Å². The Hall–Kier alpha value is -3.12. The van der Waals surface area contributed by atoms with E-state index >= 15 is 0 Å². The molecule has 1 unspecified atom stereocenters. The van der Waals surface area contributed by atoms with E-state index in [-0.39, 0.29) is 18.7 Å². The van der Waals surface area contributed by atoms with Gasteiger partial charge in [-0.05, 0) is 42.7 Å². The minimum absolute atomic E-state index is 0.153. The minimum Gasteiger partial charge on any atom is -0.463 e. The first-order valence-electron chi connectivity index (χ1n) is 8.78. The largest absolute Gasteiger partial charge is 0.463 e. The van der Waals surface area contributed by atoms with Crippen molar-refractivity contribution in [3.05, 3.63) is 71.8 Å². The van der Waals surface area contributed by atoms with Gasteiger partial charge in [0.2, 0.25) is 0 Å². The molecule has 6 nitrogen and oxygen atoms in total. The number of carbonyl (C=O) groups is 2. The van der Waals surface area contributed by atoms with Gasteiger partial charge >= 0.3 is 12.0 Å². The first-order valence-corrected chi connectivity index (χ1v) is 8.78. The average molecular weight is 368 g/mol. The zero-order chi connectivity index (χ0) is 19.5. The molecule has 27 heavy (non-hydrogen) atoms. The Labute approximate surface area is 158 Å². The topological polar surface area (TPSA) is 87.7 Å². The molecule has 0 aromatic heterocycles. The summed E-state index contributed by atoms with van der Waals surface area (Å²) in [4.78, 5) is 23.4. The number of hydrogen-bond acceptors (Lipinski definition) is 4. The van der Waals surface area contributed by atoms with Crippen LogP contribution in [-0.2, 0) is 16.0 Å². The molecule has 0 heterocycles. The van der Waals surface area contributed by atoms with Crippen molar-refractivity contribution in [3.8, 4) is 0 Å². The van der Waals surface area contributed by atoms with Crippen LogP contribution < -0.4 is 10.6 Å². The summed E-state index contributed by atoms with van der Waals surface area (Å²) in [6.07, 6.45) is 3.54. The molecule has 3 N–H and O–H groups in total. The molecule has 0 bridgehead atoms. The molecule has 0 spiro atoms. The van der Waals surface area contributed by atoms with Gasteiger partial charge in [0.1, 0.15) is 0 Å². The number of ether oxygens (including phenoxy) is 1. The number of hydrogen-bond donors (Lipinski definition) is 3. The van der Waals surface area contributed by atoms with Crippen molar-refractivity contribution in [1.82, 2.24) is 5.32 Å². The molecule has 0 aliphatic rings. The Balaban J connectivity index is 1.86. The van der Waals surface area contributed by atoms with E-state index in [1.165, 1.54) is 6.08 Å². The van der Waals surface area contributed by atoms with E-state index < -0.39 is 5.97 Å². The van der Waals surface area contributed by atoms with Gasteiger partial charge in [-0.25, -0.2) is 9.59 Å². The standard InChI is InChI=1S/C21H24N2O4/c1-2-27-20(25)13-10-16-8-11-18(12-9-16)22-21(26)23-19(15-24)14-17-6-4-3-5-7-17/h3-13,19,24H,2,14-15H2,1H3,(H2,22,23,26). The van der Waals surface area contributed by atoms with Crippen LogP contribution in [0.3, 0.4) is 0 Å². The number of nitrogens with one attached hydrogen (secondary N) is 2. The molecule has 0 radical (unpaired) electrons. The number of urea groups is 1. The summed E-state index contributed by atoms with van der Waals surface area (Å²) in [5.41, 5.74) is 2.46. The summed E-state index contributed by atoms with van der Waals surface area (Å²) in [6, 6.07) is 15.9. The molecular formula is C21H24N2O4. The van der Waals surface area contributed by atoms with Crippen LogP contribution in [0.15, 0.2) is 60.7 Å². The van der Waals surface area contributed by atoms with Crippen LogP contribution in [0, 0.1) is 0 Å². The molecule has 0 fully saturated rings. The molecule has 142 valence electrons. The van der Waals surface area contributed by atoms with Crippen molar-refractivity contribution in [2.24, 2.45) is 0 Å². The maximum atomic E-state index is 12.1. The summed E-state index contributed by atoms with van der Waals surface area (Å²) in [5.74, 6) is -0.396. The van der Waals surface area contributed by atoms with Crippen LogP contribution in [0.25, 0.3) is 6.08 Å². The number of esters is 1. The van der Waals surface area contributed by atoms with E-state index in [0.717, 1.165) is 11.1 Å². The first-order chi connectivity index (χ1) is 13.1. The van der Waals surface area contributed by atoms with E-state index in [2.05, 4.69) is 10.6 Å². The Morgan fingerprint density at radius 1 is 1.11 bits per heavy atom. The van der Waals surface area contributed by atoms with Crippen molar-refractivity contribution >= 4 is 23.8 Å². The molecule has 6 heteroatoms. The summed E-state index contributed by atoms with van der Waals surface area (Å²) in [6.45, 7) is 1.93. The zero-order valence-electron chi connectivity index (χ0n) is 15.2. The number of carbonyl (C=O) groups excluding carboxylic acids is 2. The SMILES string of the molecule is CCOC(=O)C=Cc1ccc(NC(=O)NC(CO)Cc2ccccc2)cc1. The summed E-state index contributed by atoms with van der Waals surface area (Å²) in [7, 11) is 0. The maximum absolute atomic E-state index is 12.1. The number of anilines is 1. The second-order valence-corrected chi connectivity index (χ2v) is 5.88. The lowest BCUT2D eigenvalue weighted by Crippen LogP contribution is -2.41. The van der Waals surface area contributed by atoms with Crippen molar-refractivity contribution in [2.75, 3.05) is 18.5 Å². The predicted octanol–water partition coefficient (Wildman–Crippen LogP) is 2.99. The monoisotopic (exact) mass is 368 g/mol. The van der Waals surface area contributed by atoms with Crippen molar-refractivity contribution < 1.29 is 19.4 Å². The summed E-state index contributed by atoms with van der Waals surface area (Å²) in [5, 5.41) is 15.0. The van der Waals surface area contributed by atoms with Gasteiger partial charge in [-0.1, -0.05) is 42.5 Å². The van der Waals surface area contributed by atoms with Gasteiger partial charge in [-0.15, -0.1) is 0 Å². The van der Waals surface area contributed by atoms with Crippen LogP contribution in [-0.4, -0.2) is 36.4 Å². The molecule has 2 aromatic rings. The smallest absolute Gasteiger partial charge is 0.330 e. The third kappa shape index (κ3) is 7.33. The van der Waals surface area contributed by atoms with Gasteiger partial charge in [-0.3, -0.25) is 0 Å². The van der Waals surface area contributed by atoms with Crippen LogP contribution in [0.1, 0.15) is 18.1 Å². The molecule has 2 aromatic carbocycles. The van der Waals surface area contributed by atoms with E-state index in [1.54, 1.807) is 37.3 Å². The average Bonchev–Trinajstić information content (AvgIpc) is 2.68. The second kappa shape index (κ2) is 10.8. The molecule has 1 atom stereocenters. The van der Waals surface area contributed by atoms with Gasteiger partial charge in [-0.2, -0.15) is 0 Å². The highest BCUT2D eigenvalue weighted by Gasteiger charge is 2.12. The Kier molecular flexibility index (Phi) is 8.06. The quantitative estimate of drug-likeness (QED) is 0.494. The number of benzene rings is 2. The fourth-order valence-electron chi connectivity index (χ4n) is 2.44. The highest BCUT2D eigenvalue weighted by Crippen LogP contribution is 2.11. The third-order valence-corrected chi connectivity index (χ3v) is 3.75. The highest BCUT2D eigenvalue weighted by molar-refractivity contribution is 5.90. The lowest BCUT2D eigenvalue weighted by atomic mass is 10.1. The van der Waals surface area contributed by atoms with Crippen LogP contribution >= 0.6 is 0 Å². The Bertz CT molecular complexity index is 758. The normalized spacial score (nSPS) is 11.8. The van der Waals surface area contributed by atoms with Crippen molar-refractivity contribution in [3.63, 3.8) is 0 Å². The van der Waals surface area contributed by atoms with E-state index in [4.69, 9.17) is 4.74 Å². The van der Waals surface area contributed by atoms with Crippen molar-refractivity contribution in [2.45, 2.75) is 19.4 Å². The predicted molar refractivity (Wildman–Crippen MR) is 105 cm³/mol. The molecule has 2 amide bonds. The van der Waals surface area contributed by atoms with E-state index in [0.29, 0.717) is 18.7 Å². The van der Waals surface area contributed by atoms with Gasteiger partial charge in [0.15, 0.2) is 0 Å². The molecule has 2 rings (SSSR count). The highest BCUT2D eigenvalue weighted by atomic mass is 16.5. The number of aliphatic hydroxyl groups is 1. The lowest BCUT2D eigenvalue weighted by Gasteiger charge is -2.17. The minimum atomic E-state index is -0.396. The molecule has 0 saturated carbocycles. The molecule has 0 aliphatic heterocycles. The van der Waals surface area contributed by atoms with E-state index in [1.807, 2.05) is 30.3 Å². The maximum Gasteiger partial charge on any atom is 0.330 e. The van der Waals surface area contributed by atoms with Crippen molar-refractivity contribution in [1.29, 1.82) is 0 Å². The number of amides is 2. The summed E-state index contributed by atoms with van der Waals surface area (Å²) < 4.78 is 4.82. The first kappa shape index (κ1) is 20.2. The Morgan fingerprint density at radius 3 is 2.44 bits per heavy atom. The summed E-state index contributed by atoms with van der Waals surface area (Å²) >= 11 is 0. The zero-order valence-corrected chi connectivity index (χ0v) is 15.2. The number of rotatable bonds is 8. The van der Waals surface area contributed by atoms with Crippen LogP contribution in [0.2, 0.25) is 0 Å². The molecular weight excluding hydrogens is 344 g/mol. The fraction of sp³-hybridized carbons (Fsp3) is 0.238. The van der Waals surface area contributed by atoms with Gasteiger partial charge in [0.05, 0.1) is 19.3 Å². The second-order valence-electron chi connectivity index (χ2n) is 5.88. The number of aliphatic hydroxyl groups excluding tert-OH is 1. The van der Waals surface area contributed by atoms with Gasteiger partial charge in [0.25, 0.3) is 0 Å². The third-order valence-electron chi connectivity index (χ3n) is 3.75. The lowest BCUT2D eigenvalue weighted by molar-refractivity contribution is -0.137. The van der Waals surface area contributed by atoms with Crippen LogP contribution in [0.5, 0.6) is 0 Å². The van der Waals surface area contributed by atoms with Gasteiger partial charge < -0.3 is 20.5 Å². The van der Waals surface area contributed by atoms with Crippen LogP contribution in [0.4, 0.5) is 10.5 Å². The fourth-order valence-corrected chi connectivity index (χ4v) is 2.44. The Morgan fingerprint density at radius 2 is 1.81 bits per heavy atom. The molecule has 0 saturated heterocycles. The van der Waals surface area contributed by atoms with E-state index in [9.17, 15) is 14.7 Å². The molecule has 0 aliphatic carbocycles.